The number of H-pyrrole nitrogens is 1. The first-order valence-electron chi connectivity index (χ1n) is 10.3. The predicted octanol–water partition coefficient (Wildman–Crippen LogP) is 5.42. The Labute approximate surface area is 189 Å². The largest absolute Gasteiger partial charge is 0.508 e. The number of rotatable bonds is 5. The number of nitrogens with zero attached hydrogens (tertiary/aromatic N) is 2. The Bertz CT molecular complexity index is 1410. The van der Waals surface area contributed by atoms with Gasteiger partial charge in [0.05, 0.1) is 5.69 Å². The number of phenols is 1. The molecule has 3 aromatic rings. The second kappa shape index (κ2) is 8.40. The maximum absolute atomic E-state index is 13.3. The van der Waals surface area contributed by atoms with E-state index < -0.39 is 0 Å². The number of aromatic amines is 1. The minimum atomic E-state index is -0.121. The van der Waals surface area contributed by atoms with Crippen LogP contribution in [0.2, 0.25) is 0 Å². The first kappa shape index (κ1) is 20.2. The molecule has 0 radical (unpaired) electrons. The maximum Gasteiger partial charge on any atom is 0.278 e. The summed E-state index contributed by atoms with van der Waals surface area (Å²) >= 11 is 1.54. The second-order valence-corrected chi connectivity index (χ2v) is 8.77. The lowest BCUT2D eigenvalue weighted by atomic mass is 10.1. The van der Waals surface area contributed by atoms with Gasteiger partial charge in [0.2, 0.25) is 0 Å². The molecule has 0 saturated carbocycles. The second-order valence-electron chi connectivity index (χ2n) is 7.68. The van der Waals surface area contributed by atoms with Crippen LogP contribution in [-0.4, -0.2) is 19.6 Å². The summed E-state index contributed by atoms with van der Waals surface area (Å²) in [5, 5.41) is 10.4. The van der Waals surface area contributed by atoms with Crippen LogP contribution in [0.1, 0.15) is 16.8 Å². The van der Waals surface area contributed by atoms with Crippen LogP contribution in [0.4, 0.5) is 0 Å². The van der Waals surface area contributed by atoms with E-state index in [1.54, 1.807) is 34.7 Å². The molecule has 0 saturated heterocycles. The fraction of sp³-hybridized carbons (Fsp3) is 0.0769. The molecular weight excluding hydrogens is 418 g/mol. The topological polar surface area (TPSA) is 70.9 Å². The van der Waals surface area contributed by atoms with Gasteiger partial charge in [-0.1, -0.05) is 59.8 Å². The highest BCUT2D eigenvalue weighted by Gasteiger charge is 2.21. The average molecular weight is 440 g/mol. The lowest BCUT2D eigenvalue weighted by Crippen LogP contribution is -2.16. The van der Waals surface area contributed by atoms with E-state index in [0.717, 1.165) is 26.7 Å². The van der Waals surface area contributed by atoms with E-state index in [1.165, 1.54) is 5.56 Å². The number of fused-ring (bicyclic) bond motifs is 1. The molecule has 3 aromatic carbocycles. The number of aromatic hydroxyl groups is 1. The summed E-state index contributed by atoms with van der Waals surface area (Å²) in [6, 6.07) is 25.0. The van der Waals surface area contributed by atoms with Crippen LogP contribution in [0.15, 0.2) is 99.8 Å². The quantitative estimate of drug-likeness (QED) is 0.384. The third kappa shape index (κ3) is 4.05. The standard InChI is InChI=1S/C26H21N3O2S/c1-17-6-5-9-21(14-17)32-25-24-27-22(15-18-7-3-2-4-8-18)26(31)29(24)16-23(28-25)19-10-12-20(30)13-11-19/h2-14,16,28,30H,15H2,1H3. The summed E-state index contributed by atoms with van der Waals surface area (Å²) in [7, 11) is 0. The monoisotopic (exact) mass is 439 g/mol. The molecule has 0 aromatic heterocycles. The molecule has 0 amide bonds. The molecule has 0 bridgehead atoms. The normalized spacial score (nSPS) is 11.2. The highest BCUT2D eigenvalue weighted by molar-refractivity contribution is 7.99. The van der Waals surface area contributed by atoms with Crippen molar-refractivity contribution < 1.29 is 5.11 Å². The third-order valence-corrected chi connectivity index (χ3v) is 6.22. The van der Waals surface area contributed by atoms with E-state index in [9.17, 15) is 9.90 Å². The molecule has 2 N–H and O–H groups in total. The molecule has 0 aliphatic carbocycles. The maximum atomic E-state index is 13.3. The van der Waals surface area contributed by atoms with Crippen molar-refractivity contribution in [2.45, 2.75) is 23.3 Å². The molecule has 0 unspecified atom stereocenters. The van der Waals surface area contributed by atoms with Gasteiger partial charge < -0.3 is 10.1 Å². The number of aromatic nitrogens is 3. The zero-order valence-corrected chi connectivity index (χ0v) is 18.3. The summed E-state index contributed by atoms with van der Waals surface area (Å²) in [6.07, 6.45) is 2.26. The SMILES string of the molecule is Cc1cccc(Sc2[nH]c(-c3ccc(O)cc3)cn3c(=O)c(Cc4ccccc4)nc2-3)c1. The van der Waals surface area contributed by atoms with Crippen molar-refractivity contribution in [3.05, 3.63) is 112 Å². The molecule has 2 aliphatic rings. The van der Waals surface area contributed by atoms with Crippen LogP contribution < -0.4 is 5.56 Å². The number of benzene rings is 3. The van der Waals surface area contributed by atoms with Gasteiger partial charge in [-0.3, -0.25) is 9.36 Å². The van der Waals surface area contributed by atoms with Crippen molar-refractivity contribution in [1.82, 2.24) is 14.5 Å². The van der Waals surface area contributed by atoms with E-state index >= 15 is 0 Å². The van der Waals surface area contributed by atoms with E-state index in [-0.39, 0.29) is 11.3 Å². The van der Waals surface area contributed by atoms with Crippen LogP contribution >= 0.6 is 11.8 Å². The molecule has 0 fully saturated rings. The van der Waals surface area contributed by atoms with Gasteiger partial charge in [-0.2, -0.15) is 0 Å². The first-order valence-corrected chi connectivity index (χ1v) is 11.1. The van der Waals surface area contributed by atoms with E-state index in [4.69, 9.17) is 4.98 Å². The van der Waals surface area contributed by atoms with Crippen molar-refractivity contribution in [3.8, 4) is 22.8 Å². The molecule has 2 aliphatic heterocycles. The minimum Gasteiger partial charge on any atom is -0.508 e. The van der Waals surface area contributed by atoms with Crippen LogP contribution in [0.5, 0.6) is 5.75 Å². The minimum absolute atomic E-state index is 0.121. The van der Waals surface area contributed by atoms with E-state index in [0.29, 0.717) is 17.9 Å². The Hall–Kier alpha value is -3.77. The average Bonchev–Trinajstić information content (AvgIpc) is 3.11. The Morgan fingerprint density at radius 1 is 1.00 bits per heavy atom. The summed E-state index contributed by atoms with van der Waals surface area (Å²) in [5.41, 5.74) is 4.24. The van der Waals surface area contributed by atoms with Gasteiger partial charge >= 0.3 is 0 Å². The Balaban J connectivity index is 1.65. The predicted molar refractivity (Wildman–Crippen MR) is 127 cm³/mol. The molecule has 6 heteroatoms. The Morgan fingerprint density at radius 2 is 1.78 bits per heavy atom. The third-order valence-electron chi connectivity index (χ3n) is 5.25. The molecule has 2 heterocycles. The van der Waals surface area contributed by atoms with Crippen molar-refractivity contribution in [2.75, 3.05) is 0 Å². The van der Waals surface area contributed by atoms with Crippen LogP contribution in [-0.2, 0) is 6.42 Å². The van der Waals surface area contributed by atoms with E-state index in [2.05, 4.69) is 24.0 Å². The number of aryl methyl sites for hydroxylation is 1. The summed E-state index contributed by atoms with van der Waals surface area (Å²) < 4.78 is 1.62. The Morgan fingerprint density at radius 3 is 2.53 bits per heavy atom. The zero-order chi connectivity index (χ0) is 22.1. The zero-order valence-electron chi connectivity index (χ0n) is 17.4. The number of nitrogens with one attached hydrogen (secondary N) is 1. The summed E-state index contributed by atoms with van der Waals surface area (Å²) in [6.45, 7) is 2.06. The lowest BCUT2D eigenvalue weighted by Gasteiger charge is -2.13. The van der Waals surface area contributed by atoms with Crippen molar-refractivity contribution in [1.29, 1.82) is 0 Å². The molecule has 5 rings (SSSR count). The number of hydrogen-bond acceptors (Lipinski definition) is 4. The number of phenolic OH excluding ortho intramolecular Hbond substituents is 1. The van der Waals surface area contributed by atoms with Gasteiger partial charge in [-0.05, 0) is 54.4 Å². The fourth-order valence-corrected chi connectivity index (χ4v) is 4.67. The van der Waals surface area contributed by atoms with Crippen LogP contribution in [0, 0.1) is 6.92 Å². The van der Waals surface area contributed by atoms with E-state index in [1.807, 2.05) is 54.6 Å². The summed E-state index contributed by atoms with van der Waals surface area (Å²) in [4.78, 5) is 22.5. The van der Waals surface area contributed by atoms with Crippen molar-refractivity contribution >= 4 is 11.8 Å². The molecule has 5 nitrogen and oxygen atoms in total. The molecule has 0 spiro atoms. The van der Waals surface area contributed by atoms with Gasteiger partial charge in [-0.25, -0.2) is 4.98 Å². The van der Waals surface area contributed by atoms with Gasteiger partial charge in [0.15, 0.2) is 5.82 Å². The van der Waals surface area contributed by atoms with Gasteiger partial charge in [-0.15, -0.1) is 0 Å². The molecule has 32 heavy (non-hydrogen) atoms. The molecule has 0 atom stereocenters. The van der Waals surface area contributed by atoms with Crippen LogP contribution in [0.3, 0.4) is 0 Å². The lowest BCUT2D eigenvalue weighted by molar-refractivity contribution is 0.475. The van der Waals surface area contributed by atoms with Gasteiger partial charge in [0.25, 0.3) is 5.56 Å². The number of hydrogen-bond donors (Lipinski definition) is 2. The van der Waals surface area contributed by atoms with Gasteiger partial charge in [0.1, 0.15) is 16.5 Å². The Kier molecular flexibility index (Phi) is 5.29. The van der Waals surface area contributed by atoms with Gasteiger partial charge in [0, 0.05) is 17.5 Å². The fourth-order valence-electron chi connectivity index (χ4n) is 3.64. The van der Waals surface area contributed by atoms with Crippen molar-refractivity contribution in [2.24, 2.45) is 0 Å². The first-order chi connectivity index (χ1) is 15.6. The number of imidazole rings is 1. The summed E-state index contributed by atoms with van der Waals surface area (Å²) in [5.74, 6) is 0.802. The molecule has 158 valence electrons. The highest BCUT2D eigenvalue weighted by atomic mass is 32.2. The smallest absolute Gasteiger partial charge is 0.278 e. The highest BCUT2D eigenvalue weighted by Crippen LogP contribution is 2.33. The van der Waals surface area contributed by atoms with Crippen molar-refractivity contribution in [3.63, 3.8) is 0 Å². The molecular formula is C26H21N3O2S. The van der Waals surface area contributed by atoms with Crippen LogP contribution in [0.25, 0.3) is 17.1 Å².